The molecule has 188 valence electrons. The van der Waals surface area contributed by atoms with Crippen LogP contribution in [0.3, 0.4) is 0 Å². The molecule has 3 rings (SSSR count). The van der Waals surface area contributed by atoms with Crippen molar-refractivity contribution in [2.24, 2.45) is 5.92 Å². The maximum atomic E-state index is 13.3. The third kappa shape index (κ3) is 7.75. The van der Waals surface area contributed by atoms with Gasteiger partial charge < -0.3 is 19.5 Å². The summed E-state index contributed by atoms with van der Waals surface area (Å²) in [5, 5.41) is 6.48. The minimum Gasteiger partial charge on any atom is -0.468 e. The fraction of sp³-hybridized carbons (Fsp3) is 0.444. The summed E-state index contributed by atoms with van der Waals surface area (Å²) in [6, 6.07) is 9.61. The zero-order chi connectivity index (χ0) is 25.2. The van der Waals surface area contributed by atoms with Crippen LogP contribution in [0.1, 0.15) is 62.6 Å². The van der Waals surface area contributed by atoms with Crippen molar-refractivity contribution in [3.8, 4) is 0 Å². The molecule has 3 aromatic rings. The third-order valence-electron chi connectivity index (χ3n) is 5.67. The van der Waals surface area contributed by atoms with E-state index in [2.05, 4.69) is 10.6 Å². The number of carbonyl (C=O) groups is 3. The lowest BCUT2D eigenvalue weighted by Gasteiger charge is -2.24. The summed E-state index contributed by atoms with van der Waals surface area (Å²) in [6.07, 6.45) is 5.78. The van der Waals surface area contributed by atoms with Crippen molar-refractivity contribution in [2.45, 2.75) is 64.3 Å². The van der Waals surface area contributed by atoms with Crippen molar-refractivity contribution < 1.29 is 23.2 Å². The average Bonchev–Trinajstić information content (AvgIpc) is 3.50. The van der Waals surface area contributed by atoms with Gasteiger partial charge in [0.15, 0.2) is 5.78 Å². The molecule has 0 aliphatic heterocycles. The number of ketones is 1. The fourth-order valence-electron chi connectivity index (χ4n) is 3.83. The summed E-state index contributed by atoms with van der Waals surface area (Å²) in [4.78, 5) is 39.2. The Morgan fingerprint density at radius 2 is 1.80 bits per heavy atom. The zero-order valence-corrected chi connectivity index (χ0v) is 21.4. The lowest BCUT2D eigenvalue weighted by Crippen LogP contribution is -2.52. The Balaban J connectivity index is 1.66. The van der Waals surface area contributed by atoms with Gasteiger partial charge in [0.25, 0.3) is 5.91 Å². The first-order valence-electron chi connectivity index (χ1n) is 12.1. The van der Waals surface area contributed by atoms with E-state index in [4.69, 9.17) is 8.83 Å². The van der Waals surface area contributed by atoms with Crippen molar-refractivity contribution in [3.05, 3.63) is 60.2 Å². The highest BCUT2D eigenvalue weighted by molar-refractivity contribution is 7.99. The van der Waals surface area contributed by atoms with Crippen LogP contribution in [0.2, 0.25) is 0 Å². The number of unbranched alkanes of at least 4 members (excludes halogenated alkanes) is 1. The number of hydrogen-bond donors (Lipinski definition) is 2. The van der Waals surface area contributed by atoms with Gasteiger partial charge in [-0.2, -0.15) is 0 Å². The Bertz CT molecular complexity index is 1110. The molecule has 2 amide bonds. The lowest BCUT2D eigenvalue weighted by atomic mass is 10.0. The molecule has 2 atom stereocenters. The molecule has 35 heavy (non-hydrogen) atoms. The maximum absolute atomic E-state index is 13.3. The van der Waals surface area contributed by atoms with E-state index in [1.54, 1.807) is 12.3 Å². The number of carbonyl (C=O) groups excluding carboxylic acids is 3. The van der Waals surface area contributed by atoms with E-state index in [1.165, 1.54) is 18.0 Å². The van der Waals surface area contributed by atoms with E-state index in [9.17, 15) is 14.4 Å². The van der Waals surface area contributed by atoms with E-state index in [-0.39, 0.29) is 29.3 Å². The molecule has 2 heterocycles. The van der Waals surface area contributed by atoms with E-state index in [1.807, 2.05) is 51.1 Å². The minimum atomic E-state index is -0.760. The zero-order valence-electron chi connectivity index (χ0n) is 20.5. The maximum Gasteiger partial charge on any atom is 0.255 e. The van der Waals surface area contributed by atoms with Crippen molar-refractivity contribution in [1.82, 2.24) is 10.6 Å². The molecular formula is C27H34N2O5S. The first kappa shape index (κ1) is 26.6. The highest BCUT2D eigenvalue weighted by Crippen LogP contribution is 2.21. The Kier molecular flexibility index (Phi) is 10.0. The Morgan fingerprint density at radius 3 is 2.51 bits per heavy atom. The number of hydrogen-bond acceptors (Lipinski definition) is 6. The van der Waals surface area contributed by atoms with Gasteiger partial charge in [-0.3, -0.25) is 14.4 Å². The van der Waals surface area contributed by atoms with E-state index in [0.29, 0.717) is 35.1 Å². The van der Waals surface area contributed by atoms with Gasteiger partial charge in [-0.15, -0.1) is 11.8 Å². The summed E-state index contributed by atoms with van der Waals surface area (Å²) in [5.41, 5.74) is 0.995. The van der Waals surface area contributed by atoms with Crippen LogP contribution in [0.15, 0.2) is 57.8 Å². The summed E-state index contributed by atoms with van der Waals surface area (Å²) in [7, 11) is 0. The molecule has 0 unspecified atom stereocenters. The van der Waals surface area contributed by atoms with Gasteiger partial charge in [-0.1, -0.05) is 51.8 Å². The molecule has 0 bridgehead atoms. The minimum absolute atomic E-state index is 0.0289. The van der Waals surface area contributed by atoms with Gasteiger partial charge in [0.1, 0.15) is 23.6 Å². The molecule has 0 saturated carbocycles. The largest absolute Gasteiger partial charge is 0.468 e. The molecular weight excluding hydrogens is 464 g/mol. The van der Waals surface area contributed by atoms with Gasteiger partial charge in [-0.05, 0) is 37.0 Å². The van der Waals surface area contributed by atoms with Crippen LogP contribution < -0.4 is 10.6 Å². The molecule has 2 N–H and O–H groups in total. The number of fused-ring (bicyclic) bond motifs is 1. The highest BCUT2D eigenvalue weighted by atomic mass is 32.2. The Hall–Kier alpha value is -3.00. The van der Waals surface area contributed by atoms with Gasteiger partial charge in [0, 0.05) is 5.39 Å². The summed E-state index contributed by atoms with van der Waals surface area (Å²) in [5.74, 6) is 1.10. The van der Waals surface area contributed by atoms with Crippen molar-refractivity contribution in [1.29, 1.82) is 0 Å². The van der Waals surface area contributed by atoms with Crippen molar-refractivity contribution in [3.63, 3.8) is 0 Å². The second-order valence-corrected chi connectivity index (χ2v) is 10.0. The van der Waals surface area contributed by atoms with E-state index in [0.717, 1.165) is 18.6 Å². The number of rotatable bonds is 14. The quantitative estimate of drug-likeness (QED) is 0.311. The van der Waals surface area contributed by atoms with Crippen LogP contribution in [0, 0.1) is 5.92 Å². The predicted molar refractivity (Wildman–Crippen MR) is 138 cm³/mol. The molecule has 0 radical (unpaired) electrons. The van der Waals surface area contributed by atoms with E-state index < -0.39 is 12.1 Å². The number of furan rings is 2. The van der Waals surface area contributed by atoms with Crippen LogP contribution in [-0.4, -0.2) is 35.4 Å². The molecule has 0 aliphatic rings. The number of thioether (sulfide) groups is 1. The number of amides is 2. The molecule has 0 spiro atoms. The molecule has 0 aliphatic carbocycles. The number of benzene rings is 1. The number of Topliss-reactive ketones (excluding diaryl/α,β-unsaturated/α-hetero) is 1. The standard InChI is InChI=1S/C27H34N2O5S/c1-4-5-11-22(24(30)17-35-16-19-9-8-13-33-19)28-27(32)23(14-18(2)3)29-26(31)21-15-34-25-12-7-6-10-20(21)25/h6-10,12-13,15,18,22-23H,4-5,11,14,16-17H2,1-3H3,(H,28,32)(H,29,31)/t22-,23-/m0/s1. The lowest BCUT2D eigenvalue weighted by molar-refractivity contribution is -0.128. The monoisotopic (exact) mass is 498 g/mol. The SMILES string of the molecule is CCCC[C@H](NC(=O)[C@H](CC(C)C)NC(=O)c1coc2ccccc12)C(=O)CSCc1ccco1. The molecule has 7 nitrogen and oxygen atoms in total. The van der Waals surface area contributed by atoms with Crippen LogP contribution in [0.4, 0.5) is 0 Å². The first-order valence-corrected chi connectivity index (χ1v) is 13.2. The van der Waals surface area contributed by atoms with E-state index >= 15 is 0 Å². The van der Waals surface area contributed by atoms with Crippen LogP contribution >= 0.6 is 11.8 Å². The topological polar surface area (TPSA) is 102 Å². The molecule has 1 aromatic carbocycles. The van der Waals surface area contributed by atoms with Crippen LogP contribution in [0.5, 0.6) is 0 Å². The Morgan fingerprint density at radius 1 is 1.00 bits per heavy atom. The van der Waals surface area contributed by atoms with Gasteiger partial charge >= 0.3 is 0 Å². The van der Waals surface area contributed by atoms with Crippen molar-refractivity contribution >= 4 is 40.3 Å². The smallest absolute Gasteiger partial charge is 0.255 e. The number of para-hydroxylation sites is 1. The van der Waals surface area contributed by atoms with Crippen molar-refractivity contribution in [2.75, 3.05) is 5.75 Å². The second kappa shape index (κ2) is 13.2. The third-order valence-corrected chi connectivity index (χ3v) is 6.65. The average molecular weight is 499 g/mol. The van der Waals surface area contributed by atoms with Gasteiger partial charge in [0.2, 0.25) is 5.91 Å². The normalized spacial score (nSPS) is 13.0. The first-order chi connectivity index (χ1) is 16.9. The predicted octanol–water partition coefficient (Wildman–Crippen LogP) is 5.35. The summed E-state index contributed by atoms with van der Waals surface area (Å²) in [6.45, 7) is 6.03. The van der Waals surface area contributed by atoms with Crippen LogP contribution in [0.25, 0.3) is 11.0 Å². The molecule has 8 heteroatoms. The Labute approximate surface area is 210 Å². The van der Waals surface area contributed by atoms with Crippen LogP contribution in [-0.2, 0) is 15.3 Å². The fourth-order valence-corrected chi connectivity index (χ4v) is 4.70. The van der Waals surface area contributed by atoms with Gasteiger partial charge in [0.05, 0.1) is 29.4 Å². The molecule has 0 saturated heterocycles. The van der Waals surface area contributed by atoms with Gasteiger partial charge in [-0.25, -0.2) is 0 Å². The molecule has 2 aromatic heterocycles. The number of nitrogens with one attached hydrogen (secondary N) is 2. The summed E-state index contributed by atoms with van der Waals surface area (Å²) < 4.78 is 10.8. The highest BCUT2D eigenvalue weighted by Gasteiger charge is 2.28. The molecule has 0 fully saturated rings. The second-order valence-electron chi connectivity index (χ2n) is 9.04. The summed E-state index contributed by atoms with van der Waals surface area (Å²) >= 11 is 1.46.